The Morgan fingerprint density at radius 2 is 1.86 bits per heavy atom. The lowest BCUT2D eigenvalue weighted by Gasteiger charge is -2.22. The van der Waals surface area contributed by atoms with Crippen molar-refractivity contribution in [3.8, 4) is 5.75 Å². The Labute approximate surface area is 133 Å². The summed E-state index contributed by atoms with van der Waals surface area (Å²) in [5, 5.41) is 6.28. The van der Waals surface area contributed by atoms with Crippen molar-refractivity contribution in [1.82, 2.24) is 5.32 Å². The molecule has 2 nitrogen and oxygen atoms in total. The molecule has 2 aromatic rings. The van der Waals surface area contributed by atoms with Crippen LogP contribution in [0, 0.1) is 5.92 Å². The van der Waals surface area contributed by atoms with Crippen LogP contribution in [0.2, 0.25) is 0 Å². The monoisotopic (exact) mass is 297 g/mol. The molecule has 1 fully saturated rings. The third kappa shape index (κ3) is 3.61. The van der Waals surface area contributed by atoms with Crippen molar-refractivity contribution in [2.24, 2.45) is 5.92 Å². The zero-order valence-electron chi connectivity index (χ0n) is 13.6. The fourth-order valence-corrected chi connectivity index (χ4v) is 3.58. The van der Waals surface area contributed by atoms with Gasteiger partial charge in [0.15, 0.2) is 0 Å². The normalized spacial score (nSPS) is 16.0. The summed E-state index contributed by atoms with van der Waals surface area (Å²) in [6.07, 6.45) is 7.02. The van der Waals surface area contributed by atoms with Crippen molar-refractivity contribution < 1.29 is 4.74 Å². The Balaban J connectivity index is 1.73. The maximum absolute atomic E-state index is 5.85. The van der Waals surface area contributed by atoms with Crippen LogP contribution in [0.25, 0.3) is 10.8 Å². The maximum Gasteiger partial charge on any atom is 0.124 e. The summed E-state index contributed by atoms with van der Waals surface area (Å²) < 4.78 is 5.85. The lowest BCUT2D eigenvalue weighted by molar-refractivity contribution is 0.329. The molecular weight excluding hydrogens is 270 g/mol. The molecule has 0 bridgehead atoms. The Kier molecular flexibility index (Phi) is 5.33. The molecule has 22 heavy (non-hydrogen) atoms. The largest absolute Gasteiger partial charge is 0.494 e. The van der Waals surface area contributed by atoms with E-state index in [0.29, 0.717) is 6.61 Å². The Hall–Kier alpha value is -1.54. The van der Waals surface area contributed by atoms with Gasteiger partial charge in [0, 0.05) is 12.1 Å². The molecule has 1 aliphatic rings. The minimum atomic E-state index is 0.716. The molecule has 3 rings (SSSR count). The molecule has 1 saturated carbocycles. The van der Waals surface area contributed by atoms with Crippen molar-refractivity contribution in [3.05, 3.63) is 42.0 Å². The summed E-state index contributed by atoms with van der Waals surface area (Å²) in [6.45, 7) is 4.80. The second kappa shape index (κ2) is 7.64. The van der Waals surface area contributed by atoms with E-state index in [-0.39, 0.29) is 0 Å². The average Bonchev–Trinajstić information content (AvgIpc) is 2.57. The smallest absolute Gasteiger partial charge is 0.124 e. The number of fused-ring (bicyclic) bond motifs is 1. The van der Waals surface area contributed by atoms with Gasteiger partial charge in [-0.3, -0.25) is 0 Å². The van der Waals surface area contributed by atoms with Crippen molar-refractivity contribution >= 4 is 10.8 Å². The third-order valence-corrected chi connectivity index (χ3v) is 4.76. The first kappa shape index (κ1) is 15.4. The van der Waals surface area contributed by atoms with Crippen molar-refractivity contribution in [2.45, 2.75) is 45.6 Å². The molecular formula is C20H27NO. The Bertz CT molecular complexity index is 602. The number of hydrogen-bond donors (Lipinski definition) is 1. The zero-order chi connectivity index (χ0) is 15.2. The van der Waals surface area contributed by atoms with Crippen LogP contribution in [0.3, 0.4) is 0 Å². The van der Waals surface area contributed by atoms with Crippen LogP contribution in [-0.2, 0) is 6.54 Å². The van der Waals surface area contributed by atoms with Gasteiger partial charge < -0.3 is 10.1 Å². The van der Waals surface area contributed by atoms with Crippen molar-refractivity contribution in [1.29, 1.82) is 0 Å². The van der Waals surface area contributed by atoms with Crippen LogP contribution >= 0.6 is 0 Å². The maximum atomic E-state index is 5.85. The van der Waals surface area contributed by atoms with Gasteiger partial charge >= 0.3 is 0 Å². The van der Waals surface area contributed by atoms with E-state index in [1.165, 1.54) is 48.4 Å². The van der Waals surface area contributed by atoms with E-state index in [2.05, 4.69) is 48.6 Å². The summed E-state index contributed by atoms with van der Waals surface area (Å²) in [4.78, 5) is 0. The minimum Gasteiger partial charge on any atom is -0.494 e. The summed E-state index contributed by atoms with van der Waals surface area (Å²) in [5.74, 6) is 1.89. The average molecular weight is 297 g/mol. The first-order chi connectivity index (χ1) is 10.9. The minimum absolute atomic E-state index is 0.716. The van der Waals surface area contributed by atoms with E-state index in [9.17, 15) is 0 Å². The zero-order valence-corrected chi connectivity index (χ0v) is 13.6. The van der Waals surface area contributed by atoms with E-state index in [1.807, 2.05) is 0 Å². The Morgan fingerprint density at radius 3 is 2.68 bits per heavy atom. The van der Waals surface area contributed by atoms with E-state index in [1.54, 1.807) is 0 Å². The molecule has 0 amide bonds. The number of hydrogen-bond acceptors (Lipinski definition) is 2. The lowest BCUT2D eigenvalue weighted by atomic mass is 9.89. The second-order valence-electron chi connectivity index (χ2n) is 6.33. The molecule has 1 aliphatic carbocycles. The van der Waals surface area contributed by atoms with Gasteiger partial charge in [-0.15, -0.1) is 0 Å². The van der Waals surface area contributed by atoms with E-state index in [0.717, 1.165) is 24.8 Å². The Morgan fingerprint density at radius 1 is 1.05 bits per heavy atom. The van der Waals surface area contributed by atoms with Crippen LogP contribution in [0.4, 0.5) is 0 Å². The van der Waals surface area contributed by atoms with Crippen LogP contribution in [0.5, 0.6) is 5.75 Å². The fourth-order valence-electron chi connectivity index (χ4n) is 3.58. The van der Waals surface area contributed by atoms with Gasteiger partial charge in [-0.2, -0.15) is 0 Å². The molecule has 0 heterocycles. The van der Waals surface area contributed by atoms with Crippen molar-refractivity contribution in [2.75, 3.05) is 13.2 Å². The number of ether oxygens (including phenoxy) is 1. The molecule has 0 saturated heterocycles. The molecule has 0 radical (unpaired) electrons. The highest BCUT2D eigenvalue weighted by molar-refractivity contribution is 5.87. The molecule has 2 heteroatoms. The first-order valence-corrected chi connectivity index (χ1v) is 8.72. The molecule has 2 aromatic carbocycles. The standard InChI is InChI=1S/C20H27NO/c1-2-22-20-13-12-17-10-6-7-11-18(17)19(20)15-21-14-16-8-4-3-5-9-16/h6-7,10-13,16,21H,2-5,8-9,14-15H2,1H3. The van der Waals surface area contributed by atoms with Crippen LogP contribution < -0.4 is 10.1 Å². The molecule has 118 valence electrons. The number of benzene rings is 2. The van der Waals surface area contributed by atoms with Gasteiger partial charge in [-0.25, -0.2) is 0 Å². The highest BCUT2D eigenvalue weighted by Gasteiger charge is 2.14. The first-order valence-electron chi connectivity index (χ1n) is 8.72. The second-order valence-corrected chi connectivity index (χ2v) is 6.33. The van der Waals surface area contributed by atoms with Crippen LogP contribution in [0.15, 0.2) is 36.4 Å². The van der Waals surface area contributed by atoms with Gasteiger partial charge in [-0.05, 0) is 49.1 Å². The number of nitrogens with one attached hydrogen (secondary N) is 1. The molecule has 0 aliphatic heterocycles. The topological polar surface area (TPSA) is 21.3 Å². The quantitative estimate of drug-likeness (QED) is 0.818. The van der Waals surface area contributed by atoms with Gasteiger partial charge in [0.25, 0.3) is 0 Å². The summed E-state index contributed by atoms with van der Waals surface area (Å²) in [6, 6.07) is 12.9. The highest BCUT2D eigenvalue weighted by Crippen LogP contribution is 2.28. The molecule has 1 N–H and O–H groups in total. The molecule has 0 unspecified atom stereocenters. The number of rotatable bonds is 6. The van der Waals surface area contributed by atoms with E-state index in [4.69, 9.17) is 4.74 Å². The van der Waals surface area contributed by atoms with Crippen molar-refractivity contribution in [3.63, 3.8) is 0 Å². The summed E-state index contributed by atoms with van der Waals surface area (Å²) in [7, 11) is 0. The van der Waals surface area contributed by atoms with Gasteiger partial charge in [-0.1, -0.05) is 49.6 Å². The van der Waals surface area contributed by atoms with Crippen LogP contribution in [0.1, 0.15) is 44.6 Å². The predicted octanol–water partition coefficient (Wildman–Crippen LogP) is 4.91. The van der Waals surface area contributed by atoms with E-state index < -0.39 is 0 Å². The molecule has 0 aromatic heterocycles. The third-order valence-electron chi connectivity index (χ3n) is 4.76. The summed E-state index contributed by atoms with van der Waals surface area (Å²) in [5.41, 5.74) is 1.30. The van der Waals surface area contributed by atoms with E-state index >= 15 is 0 Å². The summed E-state index contributed by atoms with van der Waals surface area (Å²) >= 11 is 0. The van der Waals surface area contributed by atoms with Gasteiger partial charge in [0.1, 0.15) is 5.75 Å². The lowest BCUT2D eigenvalue weighted by Crippen LogP contribution is -2.24. The SMILES string of the molecule is CCOc1ccc2ccccc2c1CNCC1CCCCC1. The molecule has 0 atom stereocenters. The van der Waals surface area contributed by atoms with Crippen LogP contribution in [-0.4, -0.2) is 13.2 Å². The molecule has 0 spiro atoms. The van der Waals surface area contributed by atoms with Gasteiger partial charge in [0.05, 0.1) is 6.61 Å². The fraction of sp³-hybridized carbons (Fsp3) is 0.500. The highest BCUT2D eigenvalue weighted by atomic mass is 16.5. The predicted molar refractivity (Wildman–Crippen MR) is 93.4 cm³/mol. The van der Waals surface area contributed by atoms with Gasteiger partial charge in [0.2, 0.25) is 0 Å².